The molecule has 0 radical (unpaired) electrons. The van der Waals surface area contributed by atoms with Crippen LogP contribution in [0, 0.1) is 0 Å². The summed E-state index contributed by atoms with van der Waals surface area (Å²) >= 11 is 0. The Morgan fingerprint density at radius 1 is 0.771 bits per heavy atom. The SMILES string of the molecule is O=C(CCC(NS(=O)(=O)c1ccc(-c2ccccc2)cc1)C(=O)O)Nc1ccc2ccccc2c1. The van der Waals surface area contributed by atoms with Gasteiger partial charge in [-0.15, -0.1) is 0 Å². The summed E-state index contributed by atoms with van der Waals surface area (Å²) in [5.41, 5.74) is 2.36. The second-order valence-electron chi connectivity index (χ2n) is 8.05. The molecule has 3 N–H and O–H groups in total. The van der Waals surface area contributed by atoms with Crippen molar-refractivity contribution in [2.45, 2.75) is 23.8 Å². The molecule has 35 heavy (non-hydrogen) atoms. The van der Waals surface area contributed by atoms with Gasteiger partial charge in [-0.25, -0.2) is 8.42 Å². The van der Waals surface area contributed by atoms with E-state index in [0.717, 1.165) is 21.9 Å². The number of hydrogen-bond acceptors (Lipinski definition) is 4. The Kier molecular flexibility index (Phi) is 7.24. The summed E-state index contributed by atoms with van der Waals surface area (Å²) in [6.45, 7) is 0. The molecule has 1 unspecified atom stereocenters. The van der Waals surface area contributed by atoms with Gasteiger partial charge in [0.25, 0.3) is 0 Å². The van der Waals surface area contributed by atoms with Crippen LogP contribution in [0.15, 0.2) is 102 Å². The number of benzene rings is 4. The summed E-state index contributed by atoms with van der Waals surface area (Å²) in [4.78, 5) is 24.1. The summed E-state index contributed by atoms with van der Waals surface area (Å²) in [6, 6.07) is 27.4. The van der Waals surface area contributed by atoms with Crippen LogP contribution in [-0.2, 0) is 19.6 Å². The number of nitrogens with one attached hydrogen (secondary N) is 2. The molecular weight excluding hydrogens is 464 g/mol. The standard InChI is InChI=1S/C27H24N2O5S/c30-26(28-23-13-10-20-8-4-5-9-22(20)18-23)17-16-25(27(31)32)29-35(33,34)24-14-11-21(12-15-24)19-6-2-1-3-7-19/h1-15,18,25,29H,16-17H2,(H,28,30)(H,31,32). The number of anilines is 1. The van der Waals surface area contributed by atoms with Gasteiger partial charge >= 0.3 is 5.97 Å². The number of fused-ring (bicyclic) bond motifs is 1. The van der Waals surface area contributed by atoms with Gasteiger partial charge in [-0.1, -0.05) is 72.8 Å². The van der Waals surface area contributed by atoms with E-state index in [1.807, 2.05) is 66.7 Å². The number of hydrogen-bond donors (Lipinski definition) is 3. The quantitative estimate of drug-likeness (QED) is 0.317. The minimum Gasteiger partial charge on any atom is -0.480 e. The maximum Gasteiger partial charge on any atom is 0.321 e. The summed E-state index contributed by atoms with van der Waals surface area (Å²) in [5, 5.41) is 14.3. The molecule has 0 spiro atoms. The lowest BCUT2D eigenvalue weighted by Gasteiger charge is -2.15. The van der Waals surface area contributed by atoms with Gasteiger partial charge in [0.15, 0.2) is 0 Å². The highest BCUT2D eigenvalue weighted by molar-refractivity contribution is 7.89. The first kappa shape index (κ1) is 24.1. The topological polar surface area (TPSA) is 113 Å². The molecule has 0 aliphatic carbocycles. The van der Waals surface area contributed by atoms with Gasteiger partial charge in [0.2, 0.25) is 15.9 Å². The minimum atomic E-state index is -4.10. The van der Waals surface area contributed by atoms with E-state index in [1.54, 1.807) is 18.2 Å². The molecule has 178 valence electrons. The van der Waals surface area contributed by atoms with Crippen molar-refractivity contribution < 1.29 is 23.1 Å². The molecule has 0 aromatic heterocycles. The van der Waals surface area contributed by atoms with Crippen LogP contribution in [0.3, 0.4) is 0 Å². The number of aliphatic carboxylic acids is 1. The maximum atomic E-state index is 12.8. The van der Waals surface area contributed by atoms with Crippen molar-refractivity contribution in [2.24, 2.45) is 0 Å². The predicted octanol–water partition coefficient (Wildman–Crippen LogP) is 4.66. The predicted molar refractivity (Wildman–Crippen MR) is 135 cm³/mol. The van der Waals surface area contributed by atoms with Crippen LogP contribution >= 0.6 is 0 Å². The molecule has 0 aliphatic heterocycles. The zero-order chi connectivity index (χ0) is 24.8. The normalized spacial score (nSPS) is 12.2. The maximum absolute atomic E-state index is 12.8. The number of carbonyl (C=O) groups excluding carboxylic acids is 1. The van der Waals surface area contributed by atoms with Crippen LogP contribution in [0.25, 0.3) is 21.9 Å². The van der Waals surface area contributed by atoms with E-state index in [4.69, 9.17) is 0 Å². The molecule has 0 heterocycles. The van der Waals surface area contributed by atoms with E-state index in [9.17, 15) is 23.1 Å². The highest BCUT2D eigenvalue weighted by atomic mass is 32.2. The fraction of sp³-hybridized carbons (Fsp3) is 0.111. The number of carboxylic acids is 1. The fourth-order valence-electron chi connectivity index (χ4n) is 3.71. The average Bonchev–Trinajstić information content (AvgIpc) is 2.87. The van der Waals surface area contributed by atoms with Crippen LogP contribution in [0.5, 0.6) is 0 Å². The van der Waals surface area contributed by atoms with Crippen LogP contribution in [0.2, 0.25) is 0 Å². The minimum absolute atomic E-state index is 0.0518. The fourth-order valence-corrected chi connectivity index (χ4v) is 4.93. The van der Waals surface area contributed by atoms with Crippen molar-refractivity contribution in [1.29, 1.82) is 0 Å². The van der Waals surface area contributed by atoms with Gasteiger partial charge in [-0.2, -0.15) is 4.72 Å². The number of sulfonamides is 1. The number of carbonyl (C=O) groups is 2. The third-order valence-electron chi connectivity index (χ3n) is 5.56. The molecular formula is C27H24N2O5S. The van der Waals surface area contributed by atoms with Crippen molar-refractivity contribution >= 4 is 38.4 Å². The van der Waals surface area contributed by atoms with Crippen molar-refractivity contribution in [3.63, 3.8) is 0 Å². The molecule has 4 aromatic carbocycles. The first-order valence-electron chi connectivity index (χ1n) is 11.0. The smallest absolute Gasteiger partial charge is 0.321 e. The van der Waals surface area contributed by atoms with Crippen LogP contribution in [0.4, 0.5) is 5.69 Å². The summed E-state index contributed by atoms with van der Waals surface area (Å²) in [7, 11) is -4.10. The van der Waals surface area contributed by atoms with Crippen molar-refractivity contribution in [2.75, 3.05) is 5.32 Å². The van der Waals surface area contributed by atoms with Crippen molar-refractivity contribution in [3.8, 4) is 11.1 Å². The Balaban J connectivity index is 1.38. The third kappa shape index (κ3) is 6.11. The summed E-state index contributed by atoms with van der Waals surface area (Å²) in [5.74, 6) is -1.76. The molecule has 1 amide bonds. The lowest BCUT2D eigenvalue weighted by Crippen LogP contribution is -2.41. The third-order valence-corrected chi connectivity index (χ3v) is 7.05. The molecule has 0 bridgehead atoms. The van der Waals surface area contributed by atoms with Gasteiger partial charge in [0.1, 0.15) is 6.04 Å². The molecule has 0 saturated carbocycles. The molecule has 4 aromatic rings. The largest absolute Gasteiger partial charge is 0.480 e. The van der Waals surface area contributed by atoms with Gasteiger partial charge in [-0.3, -0.25) is 9.59 Å². The Labute approximate surface area is 203 Å². The lowest BCUT2D eigenvalue weighted by atomic mass is 10.1. The molecule has 7 nitrogen and oxygen atoms in total. The number of carboxylic acid groups (broad SMARTS) is 1. The summed E-state index contributed by atoms with van der Waals surface area (Å²) < 4.78 is 27.8. The second kappa shape index (κ2) is 10.5. The Morgan fingerprint density at radius 2 is 1.40 bits per heavy atom. The van der Waals surface area contributed by atoms with Gasteiger partial charge < -0.3 is 10.4 Å². The summed E-state index contributed by atoms with van der Waals surface area (Å²) in [6.07, 6.45) is -0.366. The van der Waals surface area contributed by atoms with Crippen LogP contribution < -0.4 is 10.0 Å². The zero-order valence-electron chi connectivity index (χ0n) is 18.7. The Bertz CT molecular complexity index is 1450. The van der Waals surface area contributed by atoms with Gasteiger partial charge in [-0.05, 0) is 52.6 Å². The molecule has 1 atom stereocenters. The zero-order valence-corrected chi connectivity index (χ0v) is 19.5. The average molecular weight is 489 g/mol. The van der Waals surface area contributed by atoms with Gasteiger partial charge in [0, 0.05) is 12.1 Å². The molecule has 4 rings (SSSR count). The van der Waals surface area contributed by atoms with Crippen LogP contribution in [0.1, 0.15) is 12.8 Å². The van der Waals surface area contributed by atoms with E-state index >= 15 is 0 Å². The van der Waals surface area contributed by atoms with E-state index in [0.29, 0.717) is 5.69 Å². The first-order chi connectivity index (χ1) is 16.8. The second-order valence-corrected chi connectivity index (χ2v) is 9.77. The van der Waals surface area contributed by atoms with Crippen molar-refractivity contribution in [1.82, 2.24) is 4.72 Å². The number of amides is 1. The van der Waals surface area contributed by atoms with E-state index in [1.165, 1.54) is 12.1 Å². The Morgan fingerprint density at radius 3 is 2.09 bits per heavy atom. The monoisotopic (exact) mass is 488 g/mol. The molecule has 0 saturated heterocycles. The van der Waals surface area contributed by atoms with Crippen LogP contribution in [-0.4, -0.2) is 31.4 Å². The Hall–Kier alpha value is -4.01. The first-order valence-corrected chi connectivity index (χ1v) is 12.5. The van der Waals surface area contributed by atoms with E-state index in [-0.39, 0.29) is 17.7 Å². The lowest BCUT2D eigenvalue weighted by molar-refractivity contribution is -0.139. The van der Waals surface area contributed by atoms with Crippen molar-refractivity contribution in [3.05, 3.63) is 97.1 Å². The highest BCUT2D eigenvalue weighted by Crippen LogP contribution is 2.22. The number of rotatable bonds is 9. The van der Waals surface area contributed by atoms with E-state index in [2.05, 4.69) is 10.0 Å². The van der Waals surface area contributed by atoms with E-state index < -0.39 is 27.9 Å². The molecule has 8 heteroatoms. The highest BCUT2D eigenvalue weighted by Gasteiger charge is 2.26. The molecule has 0 fully saturated rings. The molecule has 0 aliphatic rings. The van der Waals surface area contributed by atoms with Gasteiger partial charge in [0.05, 0.1) is 4.90 Å².